The monoisotopic (exact) mass is 320 g/mol. The minimum absolute atomic E-state index is 0. The molecule has 0 radical (unpaired) electrons. The number of nitrogens with zero attached hydrogens (tertiary/aromatic N) is 1. The molecule has 130 valence electrons. The lowest BCUT2D eigenvalue weighted by Gasteiger charge is -2.07. The number of hydrogen-bond donors (Lipinski definition) is 1. The van der Waals surface area contributed by atoms with Crippen LogP contribution in [0, 0.1) is 0 Å². The first-order valence-electron chi connectivity index (χ1n) is 9.27. The van der Waals surface area contributed by atoms with Crippen molar-refractivity contribution in [1.82, 2.24) is 5.01 Å². The number of halogens is 1. The minimum Gasteiger partial charge on any atom is -1.00 e. The van der Waals surface area contributed by atoms with Crippen molar-refractivity contribution >= 4 is 0 Å². The van der Waals surface area contributed by atoms with E-state index in [2.05, 4.69) is 31.5 Å². The second-order valence-electron chi connectivity index (χ2n) is 6.53. The van der Waals surface area contributed by atoms with Gasteiger partial charge < -0.3 is 12.4 Å². The molecule has 3 heteroatoms. The number of quaternary nitrogens is 1. The van der Waals surface area contributed by atoms with Crippen LogP contribution < -0.4 is 17.8 Å². The van der Waals surface area contributed by atoms with Gasteiger partial charge in [0.1, 0.15) is 0 Å². The van der Waals surface area contributed by atoms with Crippen molar-refractivity contribution in [2.45, 2.75) is 96.8 Å². The Kier molecular flexibility index (Phi) is 22.6. The first kappa shape index (κ1) is 23.5. The molecule has 2 nitrogen and oxygen atoms in total. The molecule has 0 aromatic rings. The predicted molar refractivity (Wildman–Crippen MR) is 90.8 cm³/mol. The average molecular weight is 321 g/mol. The van der Waals surface area contributed by atoms with Gasteiger partial charge in [-0.2, -0.15) is 5.01 Å². The van der Waals surface area contributed by atoms with Crippen LogP contribution >= 0.6 is 0 Å². The maximum Gasteiger partial charge on any atom is 0.0931 e. The second kappa shape index (κ2) is 20.2. The van der Waals surface area contributed by atoms with E-state index in [1.165, 1.54) is 96.4 Å². The molecule has 0 aromatic heterocycles. The Morgan fingerprint density at radius 3 is 1.24 bits per heavy atom. The highest BCUT2D eigenvalue weighted by Crippen LogP contribution is 2.12. The fourth-order valence-corrected chi connectivity index (χ4v) is 2.69. The normalized spacial score (nSPS) is 10.9. The molecule has 0 aliphatic carbocycles. The van der Waals surface area contributed by atoms with Gasteiger partial charge in [0.15, 0.2) is 0 Å². The van der Waals surface area contributed by atoms with E-state index in [9.17, 15) is 0 Å². The zero-order chi connectivity index (χ0) is 14.9. The van der Waals surface area contributed by atoms with Crippen LogP contribution in [0.5, 0.6) is 0 Å². The standard InChI is InChI=1S/C18H40N2.ClH/c1-4-5-6-7-8-9-10-11-12-13-14-15-16-17-18-19-20(2)3;/h19H,4-18H2,1-3H3;1H. The van der Waals surface area contributed by atoms with Crippen molar-refractivity contribution in [1.29, 1.82) is 0 Å². The van der Waals surface area contributed by atoms with Crippen molar-refractivity contribution in [3.05, 3.63) is 0 Å². The van der Waals surface area contributed by atoms with Crippen LogP contribution in [-0.4, -0.2) is 25.6 Å². The van der Waals surface area contributed by atoms with E-state index in [4.69, 9.17) is 0 Å². The van der Waals surface area contributed by atoms with Gasteiger partial charge in [0.2, 0.25) is 0 Å². The predicted octanol–water partition coefficient (Wildman–Crippen LogP) is 1.51. The summed E-state index contributed by atoms with van der Waals surface area (Å²) in [5.74, 6) is 0. The Morgan fingerprint density at radius 2 is 0.905 bits per heavy atom. The molecule has 0 spiro atoms. The van der Waals surface area contributed by atoms with Crippen molar-refractivity contribution in [3.63, 3.8) is 0 Å². The fraction of sp³-hybridized carbons (Fsp3) is 1.00. The molecule has 2 N–H and O–H groups in total. The van der Waals surface area contributed by atoms with Crippen LogP contribution in [0.4, 0.5) is 0 Å². The van der Waals surface area contributed by atoms with Gasteiger partial charge in [0.25, 0.3) is 0 Å². The summed E-state index contributed by atoms with van der Waals surface area (Å²) in [6, 6.07) is 0. The minimum atomic E-state index is 0. The summed E-state index contributed by atoms with van der Waals surface area (Å²) in [6.45, 7) is 3.55. The van der Waals surface area contributed by atoms with E-state index in [0.717, 1.165) is 0 Å². The van der Waals surface area contributed by atoms with Crippen molar-refractivity contribution < 1.29 is 17.8 Å². The van der Waals surface area contributed by atoms with Crippen LogP contribution in [0.15, 0.2) is 0 Å². The van der Waals surface area contributed by atoms with Gasteiger partial charge >= 0.3 is 0 Å². The maximum atomic E-state index is 2.29. The van der Waals surface area contributed by atoms with Gasteiger partial charge in [0.05, 0.1) is 6.54 Å². The summed E-state index contributed by atoms with van der Waals surface area (Å²) < 4.78 is 0. The highest BCUT2D eigenvalue weighted by Gasteiger charge is 1.95. The molecule has 0 aliphatic heterocycles. The van der Waals surface area contributed by atoms with E-state index in [0.29, 0.717) is 0 Å². The Balaban J connectivity index is 0. The molecule has 0 saturated carbocycles. The van der Waals surface area contributed by atoms with E-state index in [1.807, 2.05) is 0 Å². The first-order chi connectivity index (χ1) is 9.77. The van der Waals surface area contributed by atoms with Crippen LogP contribution in [0.2, 0.25) is 0 Å². The summed E-state index contributed by atoms with van der Waals surface area (Å²) in [7, 11) is 4.23. The third-order valence-corrected chi connectivity index (χ3v) is 4.05. The summed E-state index contributed by atoms with van der Waals surface area (Å²) in [6.07, 6.45) is 20.3. The van der Waals surface area contributed by atoms with Crippen LogP contribution in [-0.2, 0) is 0 Å². The van der Waals surface area contributed by atoms with Crippen molar-refractivity contribution in [2.75, 3.05) is 20.6 Å². The molecule has 0 saturated heterocycles. The number of unbranched alkanes of at least 4 members (excludes halogenated alkanes) is 13. The van der Waals surface area contributed by atoms with E-state index >= 15 is 0 Å². The van der Waals surface area contributed by atoms with E-state index in [-0.39, 0.29) is 12.4 Å². The Bertz CT molecular complexity index is 175. The molecule has 0 rings (SSSR count). The molecule has 21 heavy (non-hydrogen) atoms. The Labute approximate surface area is 140 Å². The number of hydrogen-bond acceptors (Lipinski definition) is 1. The van der Waals surface area contributed by atoms with E-state index in [1.54, 1.807) is 0 Å². The highest BCUT2D eigenvalue weighted by molar-refractivity contribution is 4.48. The summed E-state index contributed by atoms with van der Waals surface area (Å²) in [5, 5.41) is 2.17. The van der Waals surface area contributed by atoms with Gasteiger partial charge in [-0.3, -0.25) is 5.43 Å². The molecule has 0 bridgehead atoms. The van der Waals surface area contributed by atoms with Crippen molar-refractivity contribution in [3.8, 4) is 0 Å². The van der Waals surface area contributed by atoms with Gasteiger partial charge in [-0.15, -0.1) is 0 Å². The summed E-state index contributed by atoms with van der Waals surface area (Å²) in [5.41, 5.74) is 2.29. The van der Waals surface area contributed by atoms with Gasteiger partial charge in [-0.05, 0) is 12.8 Å². The molecule has 0 aromatic carbocycles. The Hall–Kier alpha value is 0.210. The van der Waals surface area contributed by atoms with Crippen LogP contribution in [0.25, 0.3) is 0 Å². The summed E-state index contributed by atoms with van der Waals surface area (Å²) >= 11 is 0. The Morgan fingerprint density at radius 1 is 0.571 bits per heavy atom. The largest absolute Gasteiger partial charge is 1.00 e. The summed E-state index contributed by atoms with van der Waals surface area (Å²) in [4.78, 5) is 0. The molecule has 0 atom stereocenters. The lowest BCUT2D eigenvalue weighted by Crippen LogP contribution is -3.00. The third kappa shape index (κ3) is 22.6. The quantitative estimate of drug-likeness (QED) is 0.260. The molecule has 0 aliphatic rings. The molecular formula is C18H41ClN2. The van der Waals surface area contributed by atoms with Crippen LogP contribution in [0.1, 0.15) is 96.8 Å². The molecular weight excluding hydrogens is 280 g/mol. The highest BCUT2D eigenvalue weighted by atomic mass is 35.5. The lowest BCUT2D eigenvalue weighted by molar-refractivity contribution is -0.794. The van der Waals surface area contributed by atoms with Gasteiger partial charge in [0, 0.05) is 14.1 Å². The fourth-order valence-electron chi connectivity index (χ4n) is 2.69. The van der Waals surface area contributed by atoms with Gasteiger partial charge in [-0.25, -0.2) is 0 Å². The van der Waals surface area contributed by atoms with Crippen LogP contribution in [0.3, 0.4) is 0 Å². The number of nitrogens with two attached hydrogens (primary N) is 1. The zero-order valence-corrected chi connectivity index (χ0v) is 15.8. The first-order valence-corrected chi connectivity index (χ1v) is 9.27. The van der Waals surface area contributed by atoms with Crippen molar-refractivity contribution in [2.24, 2.45) is 0 Å². The molecule has 0 unspecified atom stereocenters. The molecule has 0 fully saturated rings. The maximum absolute atomic E-state index is 2.29. The average Bonchev–Trinajstić information content (AvgIpc) is 2.43. The lowest BCUT2D eigenvalue weighted by atomic mass is 10.0. The SMILES string of the molecule is CCCCCCCCCCCCCCCC[NH2+]N(C)C.[Cl-]. The third-order valence-electron chi connectivity index (χ3n) is 4.05. The molecule has 0 heterocycles. The second-order valence-corrected chi connectivity index (χ2v) is 6.53. The smallest absolute Gasteiger partial charge is 0.0931 e. The zero-order valence-electron chi connectivity index (χ0n) is 15.0. The van der Waals surface area contributed by atoms with Gasteiger partial charge in [-0.1, -0.05) is 84.0 Å². The van der Waals surface area contributed by atoms with E-state index < -0.39 is 0 Å². The molecule has 0 amide bonds. The number of rotatable bonds is 16. The topological polar surface area (TPSA) is 19.9 Å².